The highest BCUT2D eigenvalue weighted by atomic mass is 32.1. The molecule has 0 N–H and O–H groups in total. The second-order valence-electron chi connectivity index (χ2n) is 4.47. The molecule has 1 aromatic heterocycles. The minimum Gasteiger partial charge on any atom is -0.144 e. The van der Waals surface area contributed by atoms with E-state index in [0.29, 0.717) is 0 Å². The number of hydrogen-bond donors (Lipinski definition) is 0. The Balaban J connectivity index is 2.04. The Morgan fingerprint density at radius 1 is 1.13 bits per heavy atom. The number of benzene rings is 1. The van der Waals surface area contributed by atoms with Crippen LogP contribution in [0.3, 0.4) is 0 Å². The Kier molecular flexibility index (Phi) is 2.14. The van der Waals surface area contributed by atoms with Gasteiger partial charge in [0, 0.05) is 4.88 Å². The van der Waals surface area contributed by atoms with Crippen molar-refractivity contribution in [2.45, 2.75) is 19.8 Å². The molecule has 0 aliphatic heterocycles. The summed E-state index contributed by atoms with van der Waals surface area (Å²) in [6.07, 6.45) is 2.52. The summed E-state index contributed by atoms with van der Waals surface area (Å²) in [6, 6.07) is 11.3. The molecule has 1 heteroatoms. The molecule has 1 atom stereocenters. The molecule has 2 aromatic rings. The molecular formula is C14H14S. The maximum absolute atomic E-state index is 2.38. The molecular weight excluding hydrogens is 200 g/mol. The largest absolute Gasteiger partial charge is 0.144 e. The SMILES string of the molecule is CC1Cc2ccc(-c3cccs3)cc2C1. The molecule has 0 saturated carbocycles. The highest BCUT2D eigenvalue weighted by molar-refractivity contribution is 7.13. The van der Waals surface area contributed by atoms with Crippen LogP contribution in [0.1, 0.15) is 18.1 Å². The van der Waals surface area contributed by atoms with E-state index in [9.17, 15) is 0 Å². The first-order chi connectivity index (χ1) is 7.33. The fraction of sp³-hybridized carbons (Fsp3) is 0.286. The first kappa shape index (κ1) is 9.17. The molecule has 15 heavy (non-hydrogen) atoms. The lowest BCUT2D eigenvalue weighted by molar-refractivity contribution is 0.628. The van der Waals surface area contributed by atoms with Gasteiger partial charge in [-0.05, 0) is 46.9 Å². The van der Waals surface area contributed by atoms with Crippen LogP contribution >= 0.6 is 11.3 Å². The zero-order valence-corrected chi connectivity index (χ0v) is 9.68. The van der Waals surface area contributed by atoms with E-state index in [0.717, 1.165) is 5.92 Å². The standard InChI is InChI=1S/C14H14S/c1-10-7-11-4-5-12(9-13(11)8-10)14-3-2-6-15-14/h2-6,9-10H,7-8H2,1H3. The van der Waals surface area contributed by atoms with E-state index >= 15 is 0 Å². The molecule has 0 saturated heterocycles. The van der Waals surface area contributed by atoms with Crippen LogP contribution in [0.2, 0.25) is 0 Å². The van der Waals surface area contributed by atoms with Gasteiger partial charge in [0.05, 0.1) is 0 Å². The van der Waals surface area contributed by atoms with Gasteiger partial charge in [-0.1, -0.05) is 31.2 Å². The van der Waals surface area contributed by atoms with Crippen LogP contribution in [0.4, 0.5) is 0 Å². The third-order valence-corrected chi connectivity index (χ3v) is 4.07. The highest BCUT2D eigenvalue weighted by Gasteiger charge is 2.17. The summed E-state index contributed by atoms with van der Waals surface area (Å²) in [4.78, 5) is 1.39. The van der Waals surface area contributed by atoms with Crippen LogP contribution in [0.5, 0.6) is 0 Å². The van der Waals surface area contributed by atoms with Crippen molar-refractivity contribution < 1.29 is 0 Å². The lowest BCUT2D eigenvalue weighted by atomic mass is 10.1. The predicted molar refractivity (Wildman–Crippen MR) is 66.3 cm³/mol. The summed E-state index contributed by atoms with van der Waals surface area (Å²) >= 11 is 1.82. The molecule has 3 rings (SSSR count). The quantitative estimate of drug-likeness (QED) is 0.669. The molecule has 0 radical (unpaired) electrons. The van der Waals surface area contributed by atoms with Crippen molar-refractivity contribution >= 4 is 11.3 Å². The van der Waals surface area contributed by atoms with Crippen LogP contribution in [0.15, 0.2) is 35.7 Å². The van der Waals surface area contributed by atoms with Crippen LogP contribution < -0.4 is 0 Å². The summed E-state index contributed by atoms with van der Waals surface area (Å²) in [7, 11) is 0. The second kappa shape index (κ2) is 3.49. The smallest absolute Gasteiger partial charge is 0.0342 e. The number of thiophene rings is 1. The van der Waals surface area contributed by atoms with Crippen molar-refractivity contribution in [3.63, 3.8) is 0 Å². The Hall–Kier alpha value is -1.08. The van der Waals surface area contributed by atoms with Crippen LogP contribution in [0, 0.1) is 5.92 Å². The first-order valence-electron chi connectivity index (χ1n) is 5.48. The summed E-state index contributed by atoms with van der Waals surface area (Å²) < 4.78 is 0. The monoisotopic (exact) mass is 214 g/mol. The number of hydrogen-bond acceptors (Lipinski definition) is 1. The molecule has 1 aliphatic carbocycles. The van der Waals surface area contributed by atoms with Crippen molar-refractivity contribution in [3.05, 3.63) is 46.8 Å². The van der Waals surface area contributed by atoms with E-state index in [1.165, 1.54) is 23.3 Å². The highest BCUT2D eigenvalue weighted by Crippen LogP contribution is 2.32. The molecule has 1 aliphatic rings. The molecule has 0 amide bonds. The minimum absolute atomic E-state index is 0.832. The predicted octanol–water partition coefficient (Wildman–Crippen LogP) is 4.15. The summed E-state index contributed by atoms with van der Waals surface area (Å²) in [5.41, 5.74) is 4.51. The van der Waals surface area contributed by atoms with Gasteiger partial charge in [0.25, 0.3) is 0 Å². The topological polar surface area (TPSA) is 0 Å². The Morgan fingerprint density at radius 3 is 2.80 bits per heavy atom. The first-order valence-corrected chi connectivity index (χ1v) is 6.36. The van der Waals surface area contributed by atoms with Gasteiger partial charge in [-0.25, -0.2) is 0 Å². The van der Waals surface area contributed by atoms with Crippen molar-refractivity contribution in [1.82, 2.24) is 0 Å². The second-order valence-corrected chi connectivity index (χ2v) is 5.42. The van der Waals surface area contributed by atoms with Crippen molar-refractivity contribution in [1.29, 1.82) is 0 Å². The van der Waals surface area contributed by atoms with Crippen LogP contribution in [-0.2, 0) is 12.8 Å². The van der Waals surface area contributed by atoms with Gasteiger partial charge in [-0.15, -0.1) is 11.3 Å². The normalized spacial score (nSPS) is 19.1. The van der Waals surface area contributed by atoms with Gasteiger partial charge in [0.1, 0.15) is 0 Å². The van der Waals surface area contributed by atoms with Gasteiger partial charge >= 0.3 is 0 Å². The molecule has 0 bridgehead atoms. The summed E-state index contributed by atoms with van der Waals surface area (Å²) in [6.45, 7) is 2.34. The Morgan fingerprint density at radius 2 is 2.00 bits per heavy atom. The maximum atomic E-state index is 2.38. The summed E-state index contributed by atoms with van der Waals surface area (Å²) in [5.74, 6) is 0.832. The van der Waals surface area contributed by atoms with Gasteiger partial charge in [-0.3, -0.25) is 0 Å². The molecule has 1 unspecified atom stereocenters. The van der Waals surface area contributed by atoms with E-state index < -0.39 is 0 Å². The third kappa shape index (κ3) is 1.61. The average molecular weight is 214 g/mol. The van der Waals surface area contributed by atoms with E-state index in [2.05, 4.69) is 42.6 Å². The number of rotatable bonds is 1. The Labute approximate surface area is 94.6 Å². The van der Waals surface area contributed by atoms with Crippen LogP contribution in [-0.4, -0.2) is 0 Å². The lowest BCUT2D eigenvalue weighted by Crippen LogP contribution is -1.89. The molecule has 76 valence electrons. The van der Waals surface area contributed by atoms with E-state index in [-0.39, 0.29) is 0 Å². The van der Waals surface area contributed by atoms with Gasteiger partial charge < -0.3 is 0 Å². The van der Waals surface area contributed by atoms with Crippen LogP contribution in [0.25, 0.3) is 10.4 Å². The van der Waals surface area contributed by atoms with Gasteiger partial charge in [0.2, 0.25) is 0 Å². The van der Waals surface area contributed by atoms with E-state index in [1.807, 2.05) is 11.3 Å². The maximum Gasteiger partial charge on any atom is 0.0342 e. The Bertz CT molecular complexity index is 468. The molecule has 0 spiro atoms. The number of fused-ring (bicyclic) bond motifs is 1. The van der Waals surface area contributed by atoms with Crippen molar-refractivity contribution in [2.24, 2.45) is 5.92 Å². The third-order valence-electron chi connectivity index (χ3n) is 3.15. The average Bonchev–Trinajstić information content (AvgIpc) is 2.82. The zero-order chi connectivity index (χ0) is 10.3. The van der Waals surface area contributed by atoms with Gasteiger partial charge in [0.15, 0.2) is 0 Å². The molecule has 1 heterocycles. The van der Waals surface area contributed by atoms with Crippen molar-refractivity contribution in [2.75, 3.05) is 0 Å². The molecule has 0 nitrogen and oxygen atoms in total. The van der Waals surface area contributed by atoms with E-state index in [4.69, 9.17) is 0 Å². The van der Waals surface area contributed by atoms with E-state index in [1.54, 1.807) is 11.1 Å². The fourth-order valence-corrected chi connectivity index (χ4v) is 3.16. The lowest BCUT2D eigenvalue weighted by Gasteiger charge is -2.02. The summed E-state index contributed by atoms with van der Waals surface area (Å²) in [5, 5.41) is 2.14. The molecule has 0 fully saturated rings. The fourth-order valence-electron chi connectivity index (χ4n) is 2.43. The minimum atomic E-state index is 0.832. The molecule has 1 aromatic carbocycles. The zero-order valence-electron chi connectivity index (χ0n) is 8.86. The van der Waals surface area contributed by atoms with Gasteiger partial charge in [-0.2, -0.15) is 0 Å². The van der Waals surface area contributed by atoms with Crippen molar-refractivity contribution in [3.8, 4) is 10.4 Å².